The van der Waals surface area contributed by atoms with E-state index in [4.69, 9.17) is 0 Å². The highest BCUT2D eigenvalue weighted by Gasteiger charge is 2.35. The van der Waals surface area contributed by atoms with Gasteiger partial charge in [-0.15, -0.1) is 0 Å². The molecule has 1 saturated carbocycles. The predicted octanol–water partition coefficient (Wildman–Crippen LogP) is 2.47. The summed E-state index contributed by atoms with van der Waals surface area (Å²) < 4.78 is 0. The topological polar surface area (TPSA) is 42.6 Å². The van der Waals surface area contributed by atoms with Crippen LogP contribution >= 0.6 is 0 Å². The number of piperidine rings is 1. The third-order valence-corrected chi connectivity index (χ3v) is 4.86. The molecule has 4 nitrogen and oxygen atoms in total. The molecule has 0 aromatic carbocycles. The van der Waals surface area contributed by atoms with E-state index in [0.717, 1.165) is 45.3 Å². The zero-order valence-corrected chi connectivity index (χ0v) is 12.1. The Bertz CT molecular complexity index is 333. The van der Waals surface area contributed by atoms with Crippen molar-refractivity contribution in [1.82, 2.24) is 9.91 Å². The van der Waals surface area contributed by atoms with E-state index in [2.05, 4.69) is 29.8 Å². The minimum atomic E-state index is -0.0825. The van der Waals surface area contributed by atoms with Gasteiger partial charge >= 0.3 is 0 Å². The Balaban J connectivity index is 1.88. The number of hydrogen-bond donors (Lipinski definition) is 0. The Kier molecular flexibility index (Phi) is 4.81. The third-order valence-electron chi connectivity index (χ3n) is 4.86. The summed E-state index contributed by atoms with van der Waals surface area (Å²) >= 11 is 0. The number of hydrogen-bond acceptors (Lipinski definition) is 4. The second kappa shape index (κ2) is 6.38. The molecule has 0 radical (unpaired) electrons. The smallest absolute Gasteiger partial charge is 0.0703 e. The molecule has 0 bridgehead atoms. The van der Waals surface area contributed by atoms with Gasteiger partial charge in [0.25, 0.3) is 0 Å². The maximum atomic E-state index is 9.56. The molecule has 1 aliphatic heterocycles. The van der Waals surface area contributed by atoms with Crippen molar-refractivity contribution in [2.45, 2.75) is 51.0 Å². The minimum Gasteiger partial charge on any atom is -0.302 e. The average Bonchev–Trinajstić information content (AvgIpc) is 2.48. The second-order valence-corrected chi connectivity index (χ2v) is 6.19. The van der Waals surface area contributed by atoms with Crippen LogP contribution in [0.5, 0.6) is 0 Å². The van der Waals surface area contributed by atoms with E-state index in [-0.39, 0.29) is 5.41 Å². The van der Waals surface area contributed by atoms with Crippen molar-refractivity contribution in [1.29, 1.82) is 5.26 Å². The Morgan fingerprint density at radius 2 is 1.95 bits per heavy atom. The lowest BCUT2D eigenvalue weighted by Crippen LogP contribution is -2.46. The monoisotopic (exact) mass is 262 g/mol. The van der Waals surface area contributed by atoms with Gasteiger partial charge in [-0.2, -0.15) is 10.4 Å². The molecule has 0 aromatic heterocycles. The molecular formula is C15H26N4. The largest absolute Gasteiger partial charge is 0.302 e. The van der Waals surface area contributed by atoms with Gasteiger partial charge in [0.15, 0.2) is 0 Å². The minimum absolute atomic E-state index is 0.0825. The van der Waals surface area contributed by atoms with E-state index in [0.29, 0.717) is 6.04 Å². The van der Waals surface area contributed by atoms with E-state index in [1.165, 1.54) is 19.3 Å². The Labute approximate surface area is 117 Å². The molecule has 1 aliphatic carbocycles. The van der Waals surface area contributed by atoms with E-state index in [1.807, 2.05) is 5.01 Å². The van der Waals surface area contributed by atoms with Crippen LogP contribution in [0.15, 0.2) is 5.10 Å². The number of nitrogens with zero attached hydrogens (tertiary/aromatic N) is 4. The van der Waals surface area contributed by atoms with Gasteiger partial charge in [0.1, 0.15) is 0 Å². The molecule has 19 heavy (non-hydrogen) atoms. The summed E-state index contributed by atoms with van der Waals surface area (Å²) in [6, 6.07) is 3.23. The van der Waals surface area contributed by atoms with Crippen molar-refractivity contribution in [3.8, 4) is 6.07 Å². The quantitative estimate of drug-likeness (QED) is 0.731. The maximum Gasteiger partial charge on any atom is 0.0703 e. The van der Waals surface area contributed by atoms with Gasteiger partial charge in [0.2, 0.25) is 0 Å². The van der Waals surface area contributed by atoms with Crippen molar-refractivity contribution in [2.24, 2.45) is 10.5 Å². The van der Waals surface area contributed by atoms with Crippen LogP contribution in [-0.4, -0.2) is 49.4 Å². The van der Waals surface area contributed by atoms with Crippen LogP contribution in [0.25, 0.3) is 0 Å². The summed E-state index contributed by atoms with van der Waals surface area (Å²) in [5.41, 5.74) is -0.0825. The molecule has 0 amide bonds. The summed E-state index contributed by atoms with van der Waals surface area (Å²) in [5, 5.41) is 15.6. The fourth-order valence-corrected chi connectivity index (χ4v) is 3.57. The Hall–Kier alpha value is -1.08. The van der Waals surface area contributed by atoms with Crippen molar-refractivity contribution in [2.75, 3.05) is 26.7 Å². The first-order chi connectivity index (χ1) is 9.19. The SMILES string of the molecule is C=NN1CCC(N(C)CC2(C#N)CCCCC2)CC1. The molecule has 0 atom stereocenters. The summed E-state index contributed by atoms with van der Waals surface area (Å²) in [6.07, 6.45) is 8.19. The van der Waals surface area contributed by atoms with Crippen LogP contribution in [0.3, 0.4) is 0 Å². The lowest BCUT2D eigenvalue weighted by atomic mass is 9.74. The molecule has 0 aromatic rings. The van der Waals surface area contributed by atoms with Crippen LogP contribution in [0, 0.1) is 16.7 Å². The summed E-state index contributed by atoms with van der Waals surface area (Å²) in [5.74, 6) is 0. The van der Waals surface area contributed by atoms with Gasteiger partial charge in [-0.05, 0) is 32.7 Å². The third kappa shape index (κ3) is 3.48. The van der Waals surface area contributed by atoms with Crippen LogP contribution in [-0.2, 0) is 0 Å². The van der Waals surface area contributed by atoms with Gasteiger partial charge in [0.05, 0.1) is 11.5 Å². The molecule has 1 saturated heterocycles. The lowest BCUT2D eigenvalue weighted by Gasteiger charge is -2.40. The fraction of sp³-hybridized carbons (Fsp3) is 0.867. The van der Waals surface area contributed by atoms with E-state index in [9.17, 15) is 5.26 Å². The molecule has 2 aliphatic rings. The fourth-order valence-electron chi connectivity index (χ4n) is 3.57. The van der Waals surface area contributed by atoms with Gasteiger partial charge in [-0.25, -0.2) is 0 Å². The van der Waals surface area contributed by atoms with Gasteiger partial charge in [-0.3, -0.25) is 5.01 Å². The zero-order valence-electron chi connectivity index (χ0n) is 12.1. The first-order valence-corrected chi connectivity index (χ1v) is 7.52. The van der Waals surface area contributed by atoms with Gasteiger partial charge in [-0.1, -0.05) is 19.3 Å². The number of hydrazone groups is 1. The summed E-state index contributed by atoms with van der Waals surface area (Å²) in [6.45, 7) is 6.53. The molecule has 2 rings (SSSR count). The normalized spacial score (nSPS) is 24.2. The number of rotatable bonds is 4. The molecule has 0 spiro atoms. The number of nitriles is 1. The highest BCUT2D eigenvalue weighted by atomic mass is 15.4. The van der Waals surface area contributed by atoms with Crippen molar-refractivity contribution < 1.29 is 0 Å². The first-order valence-electron chi connectivity index (χ1n) is 7.52. The second-order valence-electron chi connectivity index (χ2n) is 6.19. The van der Waals surface area contributed by atoms with E-state index < -0.39 is 0 Å². The average molecular weight is 262 g/mol. The van der Waals surface area contributed by atoms with Crippen molar-refractivity contribution in [3.63, 3.8) is 0 Å². The van der Waals surface area contributed by atoms with Crippen molar-refractivity contribution in [3.05, 3.63) is 0 Å². The predicted molar refractivity (Wildman–Crippen MR) is 77.9 cm³/mol. The molecule has 0 N–H and O–H groups in total. The standard InChI is InChI=1S/C15H26N4/c1-17-19-10-6-14(7-11-19)18(2)13-15(12-16)8-4-3-5-9-15/h14H,1,3-11,13H2,2H3. The van der Waals surface area contributed by atoms with Crippen LogP contribution in [0.4, 0.5) is 0 Å². The molecule has 2 fully saturated rings. The van der Waals surface area contributed by atoms with E-state index >= 15 is 0 Å². The maximum absolute atomic E-state index is 9.56. The lowest BCUT2D eigenvalue weighted by molar-refractivity contribution is 0.0907. The zero-order chi connectivity index (χ0) is 13.7. The Morgan fingerprint density at radius 1 is 1.32 bits per heavy atom. The highest BCUT2D eigenvalue weighted by Crippen LogP contribution is 2.37. The molecule has 4 heteroatoms. The Morgan fingerprint density at radius 3 is 2.47 bits per heavy atom. The molecule has 106 valence electrons. The summed E-state index contributed by atoms with van der Waals surface area (Å²) in [4.78, 5) is 2.43. The van der Waals surface area contributed by atoms with Crippen LogP contribution in [0.1, 0.15) is 44.9 Å². The first kappa shape index (κ1) is 14.3. The molecule has 1 heterocycles. The van der Waals surface area contributed by atoms with Crippen LogP contribution in [0.2, 0.25) is 0 Å². The van der Waals surface area contributed by atoms with Gasteiger partial charge < -0.3 is 4.90 Å². The molecular weight excluding hydrogens is 236 g/mol. The van der Waals surface area contributed by atoms with E-state index in [1.54, 1.807) is 0 Å². The highest BCUT2D eigenvalue weighted by molar-refractivity contribution is 5.22. The van der Waals surface area contributed by atoms with Gasteiger partial charge in [0, 0.05) is 32.4 Å². The van der Waals surface area contributed by atoms with Crippen LogP contribution < -0.4 is 0 Å². The molecule has 0 unspecified atom stereocenters. The van der Waals surface area contributed by atoms with Crippen molar-refractivity contribution >= 4 is 6.72 Å². The summed E-state index contributed by atoms with van der Waals surface area (Å²) in [7, 11) is 2.19.